The Morgan fingerprint density at radius 2 is 1.96 bits per heavy atom. The molecule has 1 aliphatic heterocycles. The molecule has 146 valence electrons. The molecule has 1 aliphatic rings. The molecular formula is C16H17F5O5. The first-order valence-electron chi connectivity index (χ1n) is 7.60. The van der Waals surface area contributed by atoms with E-state index in [4.69, 9.17) is 14.2 Å². The fourth-order valence-corrected chi connectivity index (χ4v) is 3.12. The molecule has 4 unspecified atom stereocenters. The van der Waals surface area contributed by atoms with Crippen molar-refractivity contribution in [3.63, 3.8) is 0 Å². The van der Waals surface area contributed by atoms with Crippen LogP contribution in [0.5, 0.6) is 5.75 Å². The second-order valence-corrected chi connectivity index (χ2v) is 5.87. The summed E-state index contributed by atoms with van der Waals surface area (Å²) in [6, 6.07) is 1.65. The number of hydrogen-bond donors (Lipinski definition) is 1. The van der Waals surface area contributed by atoms with Gasteiger partial charge in [0.2, 0.25) is 5.82 Å². The van der Waals surface area contributed by atoms with Gasteiger partial charge < -0.3 is 19.3 Å². The quantitative estimate of drug-likeness (QED) is 0.790. The molecule has 0 aliphatic carbocycles. The van der Waals surface area contributed by atoms with Gasteiger partial charge in [-0.3, -0.25) is 0 Å². The zero-order valence-corrected chi connectivity index (χ0v) is 14.1. The van der Waals surface area contributed by atoms with Gasteiger partial charge in [-0.15, -0.1) is 0 Å². The number of halogens is 5. The van der Waals surface area contributed by atoms with Crippen molar-refractivity contribution in [3.05, 3.63) is 29.3 Å². The predicted molar refractivity (Wildman–Crippen MR) is 78.0 cm³/mol. The average molecular weight is 384 g/mol. The Morgan fingerprint density at radius 3 is 2.42 bits per heavy atom. The summed E-state index contributed by atoms with van der Waals surface area (Å²) in [5.41, 5.74) is -3.25. The summed E-state index contributed by atoms with van der Waals surface area (Å²) in [5, 5.41) is 9.36. The minimum Gasteiger partial charge on any atom is -0.493 e. The smallest absolute Gasteiger partial charge is 0.419 e. The maximum atomic E-state index is 14.0. The molecule has 1 aromatic rings. The van der Waals surface area contributed by atoms with Gasteiger partial charge in [0.25, 0.3) is 0 Å². The van der Waals surface area contributed by atoms with Gasteiger partial charge in [-0.05, 0) is 19.9 Å². The molecule has 0 aromatic heterocycles. The minimum atomic E-state index is -4.97. The lowest BCUT2D eigenvalue weighted by molar-refractivity contribution is -0.286. The van der Waals surface area contributed by atoms with E-state index in [1.807, 2.05) is 0 Å². The number of aliphatic carboxylic acids is 1. The van der Waals surface area contributed by atoms with E-state index in [-0.39, 0.29) is 12.2 Å². The highest BCUT2D eigenvalue weighted by atomic mass is 19.4. The van der Waals surface area contributed by atoms with Crippen LogP contribution in [-0.2, 0) is 14.3 Å². The number of hydrogen-bond acceptors (Lipinski definition) is 4. The molecule has 0 saturated carbocycles. The number of carboxylic acids is 1. The van der Waals surface area contributed by atoms with Crippen LogP contribution in [0.4, 0.5) is 22.0 Å². The van der Waals surface area contributed by atoms with Gasteiger partial charge in [0.1, 0.15) is 6.10 Å². The van der Waals surface area contributed by atoms with Gasteiger partial charge in [0.05, 0.1) is 13.0 Å². The third kappa shape index (κ3) is 3.11. The molecule has 0 bridgehead atoms. The van der Waals surface area contributed by atoms with Gasteiger partial charge in [-0.2, -0.15) is 17.6 Å². The van der Waals surface area contributed by atoms with E-state index in [2.05, 4.69) is 0 Å². The molecule has 0 radical (unpaired) electrons. The Kier molecular flexibility index (Phi) is 5.48. The molecule has 26 heavy (non-hydrogen) atoms. The third-order valence-electron chi connectivity index (χ3n) is 4.36. The Balaban J connectivity index is 2.70. The summed E-state index contributed by atoms with van der Waals surface area (Å²) >= 11 is 0. The predicted octanol–water partition coefficient (Wildman–Crippen LogP) is 3.27. The fourth-order valence-electron chi connectivity index (χ4n) is 3.12. The summed E-state index contributed by atoms with van der Waals surface area (Å²) in [4.78, 5) is 11.5. The van der Waals surface area contributed by atoms with E-state index in [9.17, 15) is 31.9 Å². The van der Waals surface area contributed by atoms with Gasteiger partial charge in [-0.25, -0.2) is 9.18 Å². The first-order chi connectivity index (χ1) is 12.0. The standard InChI is InChI=1S/C16H17F5O5/c1-4-25-13-9(7-5-6-8(17)10(18)11(7)24-3)12(14(22)23)26-15(13,2)16(19,20)21/h5-6,9,12-13H,4H2,1-3H3,(H,22,23). The second-order valence-electron chi connectivity index (χ2n) is 5.87. The molecule has 1 saturated heterocycles. The molecule has 0 amide bonds. The molecule has 1 heterocycles. The van der Waals surface area contributed by atoms with E-state index >= 15 is 0 Å². The van der Waals surface area contributed by atoms with E-state index < -0.39 is 53.3 Å². The van der Waals surface area contributed by atoms with E-state index in [0.29, 0.717) is 13.0 Å². The summed E-state index contributed by atoms with van der Waals surface area (Å²) in [7, 11) is 0.992. The van der Waals surface area contributed by atoms with Crippen LogP contribution in [0.2, 0.25) is 0 Å². The Bertz CT molecular complexity index is 692. The first-order valence-corrected chi connectivity index (χ1v) is 7.60. The average Bonchev–Trinajstić information content (AvgIpc) is 2.85. The Morgan fingerprint density at radius 1 is 1.35 bits per heavy atom. The summed E-state index contributed by atoms with van der Waals surface area (Å²) in [6.45, 7) is 1.90. The second kappa shape index (κ2) is 6.99. The van der Waals surface area contributed by atoms with Crippen LogP contribution in [-0.4, -0.2) is 48.8 Å². The molecule has 1 aromatic carbocycles. The van der Waals surface area contributed by atoms with E-state index in [1.165, 1.54) is 6.92 Å². The van der Waals surface area contributed by atoms with Gasteiger partial charge in [0, 0.05) is 12.2 Å². The van der Waals surface area contributed by atoms with Crippen molar-refractivity contribution in [1.29, 1.82) is 0 Å². The fraction of sp³-hybridized carbons (Fsp3) is 0.562. The lowest BCUT2D eigenvalue weighted by Crippen LogP contribution is -2.52. The molecule has 10 heteroatoms. The van der Waals surface area contributed by atoms with Gasteiger partial charge in [-0.1, -0.05) is 6.07 Å². The number of benzene rings is 1. The number of alkyl halides is 3. The zero-order chi connectivity index (χ0) is 19.9. The molecular weight excluding hydrogens is 367 g/mol. The van der Waals surface area contributed by atoms with Gasteiger partial charge in [0.15, 0.2) is 23.3 Å². The van der Waals surface area contributed by atoms with Crippen LogP contribution in [0, 0.1) is 11.6 Å². The number of ether oxygens (including phenoxy) is 3. The van der Waals surface area contributed by atoms with Crippen LogP contribution >= 0.6 is 0 Å². The van der Waals surface area contributed by atoms with Crippen LogP contribution in [0.1, 0.15) is 25.3 Å². The lowest BCUT2D eigenvalue weighted by Gasteiger charge is -2.33. The van der Waals surface area contributed by atoms with Crippen LogP contribution < -0.4 is 4.74 Å². The Hall–Kier alpha value is -1.94. The van der Waals surface area contributed by atoms with Crippen molar-refractivity contribution in [2.24, 2.45) is 0 Å². The van der Waals surface area contributed by atoms with Crippen molar-refractivity contribution < 1.29 is 46.1 Å². The summed E-state index contributed by atoms with van der Waals surface area (Å²) in [6.07, 6.45) is -8.79. The van der Waals surface area contributed by atoms with Crippen LogP contribution in [0.25, 0.3) is 0 Å². The van der Waals surface area contributed by atoms with Crippen LogP contribution in [0.3, 0.4) is 0 Å². The van der Waals surface area contributed by atoms with Gasteiger partial charge >= 0.3 is 12.1 Å². The maximum absolute atomic E-state index is 14.0. The normalized spacial score (nSPS) is 29.0. The lowest BCUT2D eigenvalue weighted by atomic mass is 9.83. The number of methoxy groups -OCH3 is 1. The SMILES string of the molecule is CCOC1C(c2ccc(F)c(F)c2OC)C(C(=O)O)OC1(C)C(F)(F)F. The largest absolute Gasteiger partial charge is 0.493 e. The minimum absolute atomic E-state index is 0.186. The van der Waals surface area contributed by atoms with Crippen molar-refractivity contribution in [2.45, 2.75) is 43.8 Å². The maximum Gasteiger partial charge on any atom is 0.419 e. The number of carboxylic acid groups (broad SMARTS) is 1. The summed E-state index contributed by atoms with van der Waals surface area (Å²) < 4.78 is 83.1. The number of carbonyl (C=O) groups is 1. The van der Waals surface area contributed by atoms with E-state index in [0.717, 1.165) is 13.2 Å². The molecule has 5 nitrogen and oxygen atoms in total. The number of rotatable bonds is 5. The van der Waals surface area contributed by atoms with Crippen molar-refractivity contribution in [3.8, 4) is 5.75 Å². The topological polar surface area (TPSA) is 65.0 Å². The Labute approximate surface area is 145 Å². The van der Waals surface area contributed by atoms with Crippen molar-refractivity contribution >= 4 is 5.97 Å². The highest BCUT2D eigenvalue weighted by Gasteiger charge is 2.68. The zero-order valence-electron chi connectivity index (χ0n) is 14.1. The van der Waals surface area contributed by atoms with Crippen LogP contribution in [0.15, 0.2) is 12.1 Å². The van der Waals surface area contributed by atoms with Crippen molar-refractivity contribution in [2.75, 3.05) is 13.7 Å². The highest BCUT2D eigenvalue weighted by molar-refractivity contribution is 5.75. The molecule has 2 rings (SSSR count). The van der Waals surface area contributed by atoms with Crippen molar-refractivity contribution in [1.82, 2.24) is 0 Å². The molecule has 4 atom stereocenters. The molecule has 1 N–H and O–H groups in total. The molecule has 0 spiro atoms. The third-order valence-corrected chi connectivity index (χ3v) is 4.36. The monoisotopic (exact) mass is 384 g/mol. The molecule has 1 fully saturated rings. The summed E-state index contributed by atoms with van der Waals surface area (Å²) in [5.74, 6) is -6.70. The first kappa shape index (κ1) is 20.4. The van der Waals surface area contributed by atoms with E-state index in [1.54, 1.807) is 0 Å². The highest BCUT2D eigenvalue weighted by Crippen LogP contribution is 2.52.